The molecule has 0 aromatic carbocycles. The molecule has 62 valence electrons. The van der Waals surface area contributed by atoms with E-state index in [0.717, 1.165) is 11.6 Å². The van der Waals surface area contributed by atoms with E-state index in [0.29, 0.717) is 0 Å². The zero-order chi connectivity index (χ0) is 9.07. The summed E-state index contributed by atoms with van der Waals surface area (Å²) in [6.07, 6.45) is 4.12. The quantitative estimate of drug-likeness (QED) is 0.499. The minimum atomic E-state index is -3.13. The molecule has 0 aliphatic rings. The Bertz CT molecular complexity index is 298. The number of rotatable bonds is 3. The van der Waals surface area contributed by atoms with Crippen molar-refractivity contribution >= 4 is 19.1 Å². The molecule has 0 aromatic rings. The number of sulfone groups is 1. The molecule has 0 aliphatic carbocycles. The fraction of sp³-hybridized carbons (Fsp3) is 0.143. The summed E-state index contributed by atoms with van der Waals surface area (Å²) >= 11 is 0. The fourth-order valence-corrected chi connectivity index (χ4v) is 0.735. The van der Waals surface area contributed by atoms with Gasteiger partial charge in [-0.05, 0) is 11.4 Å². The second-order valence-corrected chi connectivity index (χ2v) is 4.96. The SMILES string of the molecule is C=C(P)/C=C\C(=C)S(C)(=O)=O. The summed E-state index contributed by atoms with van der Waals surface area (Å²) in [4.78, 5) is 0.0982. The second kappa shape index (κ2) is 3.84. The van der Waals surface area contributed by atoms with Crippen LogP contribution in [-0.2, 0) is 9.84 Å². The first kappa shape index (κ1) is 10.6. The van der Waals surface area contributed by atoms with Gasteiger partial charge in [0.15, 0.2) is 9.84 Å². The van der Waals surface area contributed by atoms with Crippen LogP contribution in [0, 0.1) is 0 Å². The summed E-state index contributed by atoms with van der Waals surface area (Å²) in [5.74, 6) is 0. The molecule has 1 unspecified atom stereocenters. The maximum atomic E-state index is 10.8. The lowest BCUT2D eigenvalue weighted by molar-refractivity contribution is 0.608. The smallest absolute Gasteiger partial charge is 0.174 e. The number of hydrogen-bond donors (Lipinski definition) is 0. The van der Waals surface area contributed by atoms with Gasteiger partial charge in [0.2, 0.25) is 0 Å². The van der Waals surface area contributed by atoms with Crippen molar-refractivity contribution in [1.29, 1.82) is 0 Å². The average Bonchev–Trinajstić information content (AvgIpc) is 1.80. The van der Waals surface area contributed by atoms with Crippen molar-refractivity contribution in [3.05, 3.63) is 35.5 Å². The Kier molecular flexibility index (Phi) is 3.70. The van der Waals surface area contributed by atoms with Crippen molar-refractivity contribution in [1.82, 2.24) is 0 Å². The summed E-state index contributed by atoms with van der Waals surface area (Å²) in [6, 6.07) is 0. The van der Waals surface area contributed by atoms with Gasteiger partial charge in [-0.15, -0.1) is 9.24 Å². The molecule has 0 radical (unpaired) electrons. The highest BCUT2D eigenvalue weighted by atomic mass is 32.2. The fourth-order valence-electron chi connectivity index (χ4n) is 0.324. The van der Waals surface area contributed by atoms with E-state index in [2.05, 4.69) is 22.4 Å². The van der Waals surface area contributed by atoms with Gasteiger partial charge >= 0.3 is 0 Å². The molecule has 0 saturated heterocycles. The van der Waals surface area contributed by atoms with Gasteiger partial charge in [0.05, 0.1) is 4.91 Å². The van der Waals surface area contributed by atoms with Crippen LogP contribution in [0.1, 0.15) is 0 Å². The highest BCUT2D eigenvalue weighted by Gasteiger charge is 2.02. The molecule has 1 atom stereocenters. The van der Waals surface area contributed by atoms with Crippen LogP contribution in [0.3, 0.4) is 0 Å². The van der Waals surface area contributed by atoms with E-state index in [-0.39, 0.29) is 4.91 Å². The summed E-state index contributed by atoms with van der Waals surface area (Å²) in [5.41, 5.74) is 0. The summed E-state index contributed by atoms with van der Waals surface area (Å²) in [7, 11) is -0.782. The Labute approximate surface area is 69.8 Å². The highest BCUT2D eigenvalue weighted by molar-refractivity contribution is 7.94. The van der Waals surface area contributed by atoms with E-state index in [1.54, 1.807) is 6.08 Å². The van der Waals surface area contributed by atoms with Gasteiger partial charge < -0.3 is 0 Å². The zero-order valence-electron chi connectivity index (χ0n) is 6.37. The predicted molar refractivity (Wildman–Crippen MR) is 52.0 cm³/mol. The largest absolute Gasteiger partial charge is 0.224 e. The zero-order valence-corrected chi connectivity index (χ0v) is 8.34. The van der Waals surface area contributed by atoms with Crippen molar-refractivity contribution in [2.75, 3.05) is 6.26 Å². The van der Waals surface area contributed by atoms with Gasteiger partial charge in [-0.25, -0.2) is 8.42 Å². The summed E-state index contributed by atoms with van der Waals surface area (Å²) < 4.78 is 21.5. The molecule has 0 bridgehead atoms. The normalized spacial score (nSPS) is 11.8. The van der Waals surface area contributed by atoms with E-state index in [9.17, 15) is 8.42 Å². The molecule has 0 amide bonds. The van der Waals surface area contributed by atoms with E-state index in [1.165, 1.54) is 6.08 Å². The first-order chi connectivity index (χ1) is 4.84. The third-order valence-corrected chi connectivity index (χ3v) is 2.24. The predicted octanol–water partition coefficient (Wildman–Crippen LogP) is 1.49. The number of hydrogen-bond acceptors (Lipinski definition) is 2. The molecule has 4 heteroatoms. The lowest BCUT2D eigenvalue weighted by atomic mass is 10.5. The second-order valence-electron chi connectivity index (χ2n) is 2.15. The molecule has 0 saturated carbocycles. The molecule has 0 spiro atoms. The van der Waals surface area contributed by atoms with Crippen molar-refractivity contribution in [2.45, 2.75) is 0 Å². The Hall–Kier alpha value is -0.400. The third-order valence-electron chi connectivity index (χ3n) is 0.960. The lowest BCUT2D eigenvalue weighted by Gasteiger charge is -1.93. The minimum absolute atomic E-state index is 0.0982. The monoisotopic (exact) mass is 190 g/mol. The van der Waals surface area contributed by atoms with E-state index in [1.807, 2.05) is 0 Å². The topological polar surface area (TPSA) is 34.1 Å². The van der Waals surface area contributed by atoms with Gasteiger partial charge in [-0.1, -0.05) is 19.2 Å². The number of allylic oxidation sites excluding steroid dienone is 3. The van der Waals surface area contributed by atoms with Crippen LogP contribution in [0.15, 0.2) is 35.5 Å². The molecule has 0 aromatic heterocycles. The first-order valence-electron chi connectivity index (χ1n) is 2.85. The van der Waals surface area contributed by atoms with Crippen molar-refractivity contribution < 1.29 is 8.42 Å². The average molecular weight is 190 g/mol. The summed E-state index contributed by atoms with van der Waals surface area (Å²) in [5, 5.41) is 0.717. The molecule has 0 rings (SSSR count). The van der Waals surface area contributed by atoms with Crippen molar-refractivity contribution in [3.63, 3.8) is 0 Å². The Morgan fingerprint density at radius 3 is 2.09 bits per heavy atom. The standard InChI is InChI=1S/C7H11O2PS/c1-6(10)4-5-7(2)11(3,8)9/h4-5H,1-2,10H2,3H3/b5-4-. The maximum Gasteiger partial charge on any atom is 0.174 e. The molecule has 11 heavy (non-hydrogen) atoms. The minimum Gasteiger partial charge on any atom is -0.224 e. The molecular formula is C7H11O2PS. The lowest BCUT2D eigenvalue weighted by Crippen LogP contribution is -1.95. The summed E-state index contributed by atoms with van der Waals surface area (Å²) in [6.45, 7) is 6.92. The van der Waals surface area contributed by atoms with Crippen LogP contribution in [-0.4, -0.2) is 14.7 Å². The highest BCUT2D eigenvalue weighted by Crippen LogP contribution is 2.08. The van der Waals surface area contributed by atoms with Gasteiger partial charge in [0, 0.05) is 6.26 Å². The van der Waals surface area contributed by atoms with Gasteiger partial charge in [0.25, 0.3) is 0 Å². The molecule has 0 heterocycles. The Balaban J connectivity index is 4.46. The van der Waals surface area contributed by atoms with Crippen molar-refractivity contribution in [2.24, 2.45) is 0 Å². The van der Waals surface area contributed by atoms with Gasteiger partial charge in [0.1, 0.15) is 0 Å². The molecule has 0 aliphatic heterocycles. The van der Waals surface area contributed by atoms with E-state index >= 15 is 0 Å². The Morgan fingerprint density at radius 2 is 1.82 bits per heavy atom. The van der Waals surface area contributed by atoms with Gasteiger partial charge in [-0.3, -0.25) is 0 Å². The molecular weight excluding hydrogens is 179 g/mol. The third kappa shape index (κ3) is 4.93. The van der Waals surface area contributed by atoms with Crippen LogP contribution in [0.25, 0.3) is 0 Å². The molecule has 0 N–H and O–H groups in total. The van der Waals surface area contributed by atoms with E-state index < -0.39 is 9.84 Å². The van der Waals surface area contributed by atoms with Crippen molar-refractivity contribution in [3.8, 4) is 0 Å². The molecule has 2 nitrogen and oxygen atoms in total. The first-order valence-corrected chi connectivity index (χ1v) is 5.32. The van der Waals surface area contributed by atoms with Crippen LogP contribution in [0.2, 0.25) is 0 Å². The van der Waals surface area contributed by atoms with Gasteiger partial charge in [-0.2, -0.15) is 0 Å². The van der Waals surface area contributed by atoms with Crippen LogP contribution in [0.4, 0.5) is 0 Å². The van der Waals surface area contributed by atoms with Crippen LogP contribution < -0.4 is 0 Å². The van der Waals surface area contributed by atoms with Crippen LogP contribution in [0.5, 0.6) is 0 Å². The van der Waals surface area contributed by atoms with E-state index in [4.69, 9.17) is 0 Å². The Morgan fingerprint density at radius 1 is 1.36 bits per heavy atom. The van der Waals surface area contributed by atoms with Crippen LogP contribution >= 0.6 is 9.24 Å². The maximum absolute atomic E-state index is 10.8. The molecule has 0 fully saturated rings.